The standard InChI is InChI=1S/C14H17NO4/c1-8-5-6-11(13(19-4)9(8)2)7-12(14(17)18)15-10(3)16/h5-7H,1-4H3,(H,15,16)(H,17,18)/b12-7+. The Kier molecular flexibility index (Phi) is 4.69. The first-order valence-electron chi connectivity index (χ1n) is 5.73. The van der Waals surface area contributed by atoms with Gasteiger partial charge in [-0.15, -0.1) is 0 Å². The van der Waals surface area contributed by atoms with Crippen LogP contribution in [0.1, 0.15) is 23.6 Å². The van der Waals surface area contributed by atoms with Crippen molar-refractivity contribution in [1.29, 1.82) is 0 Å². The minimum absolute atomic E-state index is 0.186. The number of aryl methyl sites for hydroxylation is 1. The maximum absolute atomic E-state index is 11.1. The van der Waals surface area contributed by atoms with Crippen LogP contribution in [-0.4, -0.2) is 24.1 Å². The van der Waals surface area contributed by atoms with Crippen LogP contribution in [0, 0.1) is 13.8 Å². The molecule has 0 aliphatic carbocycles. The molecule has 5 heteroatoms. The molecule has 19 heavy (non-hydrogen) atoms. The van der Waals surface area contributed by atoms with Gasteiger partial charge in [0.2, 0.25) is 5.91 Å². The van der Waals surface area contributed by atoms with Crippen molar-refractivity contribution in [3.8, 4) is 5.75 Å². The number of carboxylic acids is 1. The lowest BCUT2D eigenvalue weighted by molar-refractivity contribution is -0.134. The number of carboxylic acid groups (broad SMARTS) is 1. The van der Waals surface area contributed by atoms with Gasteiger partial charge in [0.1, 0.15) is 11.4 Å². The predicted molar refractivity (Wildman–Crippen MR) is 71.9 cm³/mol. The van der Waals surface area contributed by atoms with Gasteiger partial charge in [-0.2, -0.15) is 0 Å². The van der Waals surface area contributed by atoms with Crippen LogP contribution < -0.4 is 10.1 Å². The van der Waals surface area contributed by atoms with Crippen LogP contribution in [-0.2, 0) is 9.59 Å². The smallest absolute Gasteiger partial charge is 0.352 e. The molecular formula is C14H17NO4. The molecule has 1 aromatic rings. The molecule has 0 spiro atoms. The number of amides is 1. The molecule has 5 nitrogen and oxygen atoms in total. The Morgan fingerprint density at radius 2 is 1.95 bits per heavy atom. The van der Waals surface area contributed by atoms with Gasteiger partial charge >= 0.3 is 5.97 Å². The largest absolute Gasteiger partial charge is 0.496 e. The fourth-order valence-corrected chi connectivity index (χ4v) is 1.69. The summed E-state index contributed by atoms with van der Waals surface area (Å²) in [5.41, 5.74) is 2.40. The molecule has 0 aliphatic heterocycles. The van der Waals surface area contributed by atoms with E-state index >= 15 is 0 Å². The molecule has 0 saturated heterocycles. The molecule has 0 aromatic heterocycles. The van der Waals surface area contributed by atoms with Crippen molar-refractivity contribution in [3.05, 3.63) is 34.5 Å². The van der Waals surface area contributed by atoms with E-state index < -0.39 is 11.9 Å². The van der Waals surface area contributed by atoms with Gasteiger partial charge in [0.15, 0.2) is 0 Å². The zero-order chi connectivity index (χ0) is 14.6. The molecule has 0 radical (unpaired) electrons. The Balaban J connectivity index is 3.32. The highest BCUT2D eigenvalue weighted by atomic mass is 16.5. The first-order chi connectivity index (χ1) is 8.86. The third kappa shape index (κ3) is 3.58. The third-order valence-electron chi connectivity index (χ3n) is 2.75. The number of carbonyl (C=O) groups excluding carboxylic acids is 1. The molecule has 1 rings (SSSR count). The maximum Gasteiger partial charge on any atom is 0.352 e. The molecular weight excluding hydrogens is 246 g/mol. The predicted octanol–water partition coefficient (Wildman–Crippen LogP) is 1.87. The molecule has 0 saturated carbocycles. The van der Waals surface area contributed by atoms with E-state index in [2.05, 4.69) is 5.32 Å². The Morgan fingerprint density at radius 1 is 1.32 bits per heavy atom. The fourth-order valence-electron chi connectivity index (χ4n) is 1.69. The minimum Gasteiger partial charge on any atom is -0.496 e. The van der Waals surface area contributed by atoms with Gasteiger partial charge in [-0.3, -0.25) is 4.79 Å². The zero-order valence-corrected chi connectivity index (χ0v) is 11.4. The summed E-state index contributed by atoms with van der Waals surface area (Å²) in [4.78, 5) is 22.0. The van der Waals surface area contributed by atoms with E-state index in [9.17, 15) is 9.59 Å². The summed E-state index contributed by atoms with van der Waals surface area (Å²) in [5, 5.41) is 11.3. The van der Waals surface area contributed by atoms with Gasteiger partial charge in [-0.25, -0.2) is 4.79 Å². The lowest BCUT2D eigenvalue weighted by Gasteiger charge is -2.12. The van der Waals surface area contributed by atoms with E-state index in [1.807, 2.05) is 19.9 Å². The van der Waals surface area contributed by atoms with Crippen molar-refractivity contribution in [2.45, 2.75) is 20.8 Å². The number of rotatable bonds is 4. The van der Waals surface area contributed by atoms with Crippen LogP contribution in [0.2, 0.25) is 0 Å². The molecule has 1 aromatic carbocycles. The summed E-state index contributed by atoms with van der Waals surface area (Å²) in [6, 6.07) is 3.63. The first kappa shape index (κ1) is 14.8. The van der Waals surface area contributed by atoms with Gasteiger partial charge < -0.3 is 15.2 Å². The molecule has 0 atom stereocenters. The van der Waals surface area contributed by atoms with Crippen LogP contribution in [0.4, 0.5) is 0 Å². The fraction of sp³-hybridized carbons (Fsp3) is 0.286. The lowest BCUT2D eigenvalue weighted by atomic mass is 10.0. The first-order valence-corrected chi connectivity index (χ1v) is 5.73. The highest BCUT2D eigenvalue weighted by molar-refractivity contribution is 5.96. The molecule has 2 N–H and O–H groups in total. The minimum atomic E-state index is -1.20. The summed E-state index contributed by atoms with van der Waals surface area (Å²) >= 11 is 0. The average Bonchev–Trinajstić information content (AvgIpc) is 2.32. The normalized spacial score (nSPS) is 11.1. The Morgan fingerprint density at radius 3 is 2.42 bits per heavy atom. The van der Waals surface area contributed by atoms with E-state index in [4.69, 9.17) is 9.84 Å². The molecule has 102 valence electrons. The van der Waals surface area contributed by atoms with E-state index in [1.165, 1.54) is 20.1 Å². The van der Waals surface area contributed by atoms with Gasteiger partial charge in [0.05, 0.1) is 7.11 Å². The average molecular weight is 263 g/mol. The van der Waals surface area contributed by atoms with Crippen molar-refractivity contribution in [2.24, 2.45) is 0 Å². The Hall–Kier alpha value is -2.30. The molecule has 0 heterocycles. The van der Waals surface area contributed by atoms with Gasteiger partial charge in [-0.1, -0.05) is 12.1 Å². The van der Waals surface area contributed by atoms with Gasteiger partial charge in [0, 0.05) is 12.5 Å². The van der Waals surface area contributed by atoms with Crippen LogP contribution in [0.5, 0.6) is 5.75 Å². The molecule has 0 aliphatic rings. The molecule has 0 bridgehead atoms. The summed E-state index contributed by atoms with van der Waals surface area (Å²) in [5.74, 6) is -1.03. The Labute approximate surface area is 111 Å². The van der Waals surface area contributed by atoms with Crippen molar-refractivity contribution in [3.63, 3.8) is 0 Å². The zero-order valence-electron chi connectivity index (χ0n) is 11.4. The quantitative estimate of drug-likeness (QED) is 0.813. The SMILES string of the molecule is COc1c(/C=C(/NC(C)=O)C(=O)O)ccc(C)c1C. The number of nitrogens with one attached hydrogen (secondary N) is 1. The number of ether oxygens (including phenoxy) is 1. The van der Waals surface area contributed by atoms with Crippen molar-refractivity contribution in [1.82, 2.24) is 5.32 Å². The van der Waals surface area contributed by atoms with E-state index in [-0.39, 0.29) is 5.70 Å². The van der Waals surface area contributed by atoms with Crippen LogP contribution in [0.25, 0.3) is 6.08 Å². The van der Waals surface area contributed by atoms with Gasteiger partial charge in [0.25, 0.3) is 0 Å². The van der Waals surface area contributed by atoms with Crippen LogP contribution in [0.15, 0.2) is 17.8 Å². The molecule has 0 unspecified atom stereocenters. The van der Waals surface area contributed by atoms with Crippen LogP contribution in [0.3, 0.4) is 0 Å². The van der Waals surface area contributed by atoms with E-state index in [0.717, 1.165) is 11.1 Å². The van der Waals surface area contributed by atoms with Crippen molar-refractivity contribution in [2.75, 3.05) is 7.11 Å². The number of hydrogen-bond acceptors (Lipinski definition) is 3. The summed E-state index contributed by atoms with van der Waals surface area (Å²) < 4.78 is 5.29. The second kappa shape index (κ2) is 6.04. The highest BCUT2D eigenvalue weighted by Crippen LogP contribution is 2.27. The number of hydrogen-bond donors (Lipinski definition) is 2. The highest BCUT2D eigenvalue weighted by Gasteiger charge is 2.12. The second-order valence-corrected chi connectivity index (χ2v) is 4.17. The number of carbonyl (C=O) groups is 2. The lowest BCUT2D eigenvalue weighted by Crippen LogP contribution is -2.24. The maximum atomic E-state index is 11.1. The second-order valence-electron chi connectivity index (χ2n) is 4.17. The molecule has 1 amide bonds. The summed E-state index contributed by atoms with van der Waals surface area (Å²) in [6.45, 7) is 5.09. The summed E-state index contributed by atoms with van der Waals surface area (Å²) in [6.07, 6.45) is 1.38. The van der Waals surface area contributed by atoms with Crippen molar-refractivity contribution >= 4 is 18.0 Å². The van der Waals surface area contributed by atoms with Gasteiger partial charge in [-0.05, 0) is 31.1 Å². The topological polar surface area (TPSA) is 75.6 Å². The van der Waals surface area contributed by atoms with Crippen molar-refractivity contribution < 1.29 is 19.4 Å². The third-order valence-corrected chi connectivity index (χ3v) is 2.75. The van der Waals surface area contributed by atoms with Crippen LogP contribution >= 0.6 is 0 Å². The monoisotopic (exact) mass is 263 g/mol. The number of benzene rings is 1. The number of methoxy groups -OCH3 is 1. The van der Waals surface area contributed by atoms with E-state index in [0.29, 0.717) is 11.3 Å². The number of aliphatic carboxylic acids is 1. The van der Waals surface area contributed by atoms with E-state index in [1.54, 1.807) is 6.07 Å². The molecule has 0 fully saturated rings. The Bertz CT molecular complexity index is 547. The summed E-state index contributed by atoms with van der Waals surface area (Å²) in [7, 11) is 1.53.